The average molecular weight is 206 g/mol. The minimum Gasteiger partial charge on any atom is -0.493 e. The van der Waals surface area contributed by atoms with E-state index in [9.17, 15) is 12.3 Å². The zero-order valence-electron chi connectivity index (χ0n) is 6.73. The molecule has 0 bridgehead atoms. The van der Waals surface area contributed by atoms with Crippen LogP contribution in [0.3, 0.4) is 0 Å². The normalized spacial score (nSPS) is 10.9. The second-order valence-corrected chi connectivity index (χ2v) is 3.08. The highest BCUT2D eigenvalue weighted by atomic mass is 32.3. The third-order valence-corrected chi connectivity index (χ3v) is 1.64. The summed E-state index contributed by atoms with van der Waals surface area (Å²) in [7, 11) is -3.66. The Hall–Kier alpha value is -1.30. The number of methoxy groups -OCH3 is 1. The molecule has 1 aromatic rings. The maximum atomic E-state index is 12.1. The van der Waals surface area contributed by atoms with Gasteiger partial charge in [0.1, 0.15) is 0 Å². The van der Waals surface area contributed by atoms with Gasteiger partial charge >= 0.3 is 10.5 Å². The van der Waals surface area contributed by atoms with Crippen LogP contribution in [0, 0.1) is 0 Å². The van der Waals surface area contributed by atoms with Crippen molar-refractivity contribution >= 4 is 10.5 Å². The standard InChI is InChI=1S/C7H7FO4S/c1-11-6-4-2-3-5-7(6)12-13(8,9)10/h2-5H,1H3. The summed E-state index contributed by atoms with van der Waals surface area (Å²) in [6, 6.07) is 5.86. The van der Waals surface area contributed by atoms with Gasteiger partial charge < -0.3 is 8.92 Å². The molecule has 0 fully saturated rings. The molecule has 4 nitrogen and oxygen atoms in total. The molecule has 0 atom stereocenters. The maximum Gasteiger partial charge on any atom is 0.488 e. The second-order valence-electron chi connectivity index (χ2n) is 2.13. The molecule has 0 aliphatic heterocycles. The molecule has 0 radical (unpaired) electrons. The van der Waals surface area contributed by atoms with E-state index in [0.717, 1.165) is 0 Å². The fraction of sp³-hybridized carbons (Fsp3) is 0.143. The quantitative estimate of drug-likeness (QED) is 0.699. The molecule has 0 aliphatic rings. The van der Waals surface area contributed by atoms with E-state index in [1.807, 2.05) is 0 Å². The van der Waals surface area contributed by atoms with Crippen LogP contribution in [0.5, 0.6) is 11.5 Å². The van der Waals surface area contributed by atoms with Crippen LogP contribution < -0.4 is 8.92 Å². The predicted octanol–water partition coefficient (Wildman–Crippen LogP) is 1.29. The van der Waals surface area contributed by atoms with Crippen molar-refractivity contribution in [1.82, 2.24) is 0 Å². The van der Waals surface area contributed by atoms with Gasteiger partial charge in [0.15, 0.2) is 11.5 Å². The van der Waals surface area contributed by atoms with Gasteiger partial charge in [-0.2, -0.15) is 8.42 Å². The lowest BCUT2D eigenvalue weighted by Crippen LogP contribution is -2.02. The Morgan fingerprint density at radius 3 is 2.23 bits per heavy atom. The molecule has 0 unspecified atom stereocenters. The SMILES string of the molecule is COc1ccccc1OS(=O)(=O)F. The minimum absolute atomic E-state index is 0.156. The predicted molar refractivity (Wildman–Crippen MR) is 43.6 cm³/mol. The Labute approximate surface area is 75.3 Å². The zero-order valence-corrected chi connectivity index (χ0v) is 7.55. The van der Waals surface area contributed by atoms with Gasteiger partial charge in [0.2, 0.25) is 0 Å². The monoisotopic (exact) mass is 206 g/mol. The van der Waals surface area contributed by atoms with Crippen molar-refractivity contribution < 1.29 is 21.2 Å². The largest absolute Gasteiger partial charge is 0.493 e. The summed E-state index contributed by atoms with van der Waals surface area (Å²) in [5, 5.41) is 0. The van der Waals surface area contributed by atoms with Crippen LogP contribution >= 0.6 is 0 Å². The number of halogens is 1. The number of para-hydroxylation sites is 2. The number of ether oxygens (including phenoxy) is 1. The Bertz CT molecular complexity index is 387. The Kier molecular flexibility index (Phi) is 2.72. The van der Waals surface area contributed by atoms with Crippen LogP contribution in [0.2, 0.25) is 0 Å². The maximum absolute atomic E-state index is 12.1. The third-order valence-electron chi connectivity index (χ3n) is 1.26. The van der Waals surface area contributed by atoms with Gasteiger partial charge in [-0.3, -0.25) is 0 Å². The molecule has 0 saturated heterocycles. The second kappa shape index (κ2) is 3.61. The first kappa shape index (κ1) is 9.79. The van der Waals surface area contributed by atoms with Gasteiger partial charge in [0.05, 0.1) is 7.11 Å². The van der Waals surface area contributed by atoms with E-state index in [0.29, 0.717) is 0 Å². The fourth-order valence-electron chi connectivity index (χ4n) is 0.795. The Morgan fingerprint density at radius 1 is 1.23 bits per heavy atom. The van der Waals surface area contributed by atoms with E-state index in [4.69, 9.17) is 4.74 Å². The fourth-order valence-corrected chi connectivity index (χ4v) is 1.15. The van der Waals surface area contributed by atoms with Crippen molar-refractivity contribution in [3.8, 4) is 11.5 Å². The first-order valence-electron chi connectivity index (χ1n) is 3.30. The molecule has 0 spiro atoms. The molecule has 72 valence electrons. The van der Waals surface area contributed by atoms with Crippen LogP contribution in [0.25, 0.3) is 0 Å². The van der Waals surface area contributed by atoms with E-state index < -0.39 is 10.5 Å². The van der Waals surface area contributed by atoms with E-state index >= 15 is 0 Å². The van der Waals surface area contributed by atoms with E-state index in [1.165, 1.54) is 25.3 Å². The number of hydrogen-bond acceptors (Lipinski definition) is 4. The number of hydrogen-bond donors (Lipinski definition) is 0. The van der Waals surface area contributed by atoms with Crippen LogP contribution in [-0.2, 0) is 10.5 Å². The lowest BCUT2D eigenvalue weighted by Gasteiger charge is -2.05. The van der Waals surface area contributed by atoms with E-state index in [1.54, 1.807) is 6.07 Å². The topological polar surface area (TPSA) is 52.6 Å². The molecule has 0 aromatic heterocycles. The van der Waals surface area contributed by atoms with Gasteiger partial charge in [0, 0.05) is 0 Å². The first-order valence-corrected chi connectivity index (χ1v) is 4.61. The van der Waals surface area contributed by atoms with Crippen LogP contribution in [0.15, 0.2) is 24.3 Å². The van der Waals surface area contributed by atoms with E-state index in [-0.39, 0.29) is 11.5 Å². The summed E-state index contributed by atoms with van der Waals surface area (Å²) in [4.78, 5) is 0. The Balaban J connectivity index is 3.01. The molecule has 1 aromatic carbocycles. The first-order chi connectivity index (χ1) is 6.03. The molecular formula is C7H7FO4S. The molecule has 0 amide bonds. The van der Waals surface area contributed by atoms with Crippen molar-refractivity contribution in [3.63, 3.8) is 0 Å². The van der Waals surface area contributed by atoms with E-state index in [2.05, 4.69) is 4.18 Å². The summed E-state index contributed by atoms with van der Waals surface area (Å²) in [5.41, 5.74) is 0. The highest BCUT2D eigenvalue weighted by Crippen LogP contribution is 2.27. The highest BCUT2D eigenvalue weighted by Gasteiger charge is 2.12. The van der Waals surface area contributed by atoms with Gasteiger partial charge in [-0.15, -0.1) is 0 Å². The summed E-state index contributed by atoms with van der Waals surface area (Å²) in [6.07, 6.45) is 0. The van der Waals surface area contributed by atoms with Gasteiger partial charge in [-0.25, -0.2) is 0 Å². The molecule has 13 heavy (non-hydrogen) atoms. The molecular weight excluding hydrogens is 199 g/mol. The molecule has 0 N–H and O–H groups in total. The van der Waals surface area contributed by atoms with Crippen molar-refractivity contribution in [2.75, 3.05) is 7.11 Å². The zero-order chi connectivity index (χ0) is 9.90. The molecule has 0 heterocycles. The lowest BCUT2D eigenvalue weighted by molar-refractivity contribution is 0.381. The molecule has 0 saturated carbocycles. The van der Waals surface area contributed by atoms with Crippen LogP contribution in [0.1, 0.15) is 0 Å². The molecule has 6 heteroatoms. The van der Waals surface area contributed by atoms with Crippen molar-refractivity contribution in [2.24, 2.45) is 0 Å². The smallest absolute Gasteiger partial charge is 0.488 e. The van der Waals surface area contributed by atoms with Gasteiger partial charge in [0.25, 0.3) is 0 Å². The van der Waals surface area contributed by atoms with Crippen molar-refractivity contribution in [2.45, 2.75) is 0 Å². The third kappa shape index (κ3) is 2.90. The minimum atomic E-state index is -4.99. The molecule has 1 rings (SSSR count). The summed E-state index contributed by atoms with van der Waals surface area (Å²) >= 11 is 0. The van der Waals surface area contributed by atoms with Crippen molar-refractivity contribution in [1.29, 1.82) is 0 Å². The van der Waals surface area contributed by atoms with Crippen LogP contribution in [-0.4, -0.2) is 15.5 Å². The van der Waals surface area contributed by atoms with Crippen LogP contribution in [0.4, 0.5) is 3.89 Å². The summed E-state index contributed by atoms with van der Waals surface area (Å²) < 4.78 is 41.1. The van der Waals surface area contributed by atoms with Crippen molar-refractivity contribution in [3.05, 3.63) is 24.3 Å². The van der Waals surface area contributed by atoms with Gasteiger partial charge in [-0.05, 0) is 12.1 Å². The number of rotatable bonds is 3. The highest BCUT2D eigenvalue weighted by molar-refractivity contribution is 7.81. The van der Waals surface area contributed by atoms with Gasteiger partial charge in [-0.1, -0.05) is 16.0 Å². The summed E-state index contributed by atoms with van der Waals surface area (Å²) in [5.74, 6) is -0.0174. The number of benzene rings is 1. The Morgan fingerprint density at radius 2 is 1.77 bits per heavy atom. The lowest BCUT2D eigenvalue weighted by atomic mass is 10.3. The summed E-state index contributed by atoms with van der Waals surface area (Å²) in [6.45, 7) is 0. The molecule has 0 aliphatic carbocycles. The average Bonchev–Trinajstić information content (AvgIpc) is 2.02.